The molecule has 0 radical (unpaired) electrons. The first-order chi connectivity index (χ1) is 3.77. The zero-order valence-corrected chi connectivity index (χ0v) is 5.29. The topological polar surface area (TPSA) is 47.6 Å². The van der Waals surface area contributed by atoms with E-state index in [1.54, 1.807) is 6.21 Å². The molecule has 0 spiro atoms. The van der Waals surface area contributed by atoms with Crippen LogP contribution in [-0.2, 0) is 4.84 Å². The van der Waals surface area contributed by atoms with E-state index < -0.39 is 0 Å². The Labute approximate surface area is 49.5 Å². The number of oxime groups is 1. The Kier molecular flexibility index (Phi) is 4.26. The largest absolute Gasteiger partial charge is 0.396 e. The fourth-order valence-corrected chi connectivity index (χ4v) is 0.214. The van der Waals surface area contributed by atoms with Crippen molar-refractivity contribution in [1.29, 1.82) is 0 Å². The van der Waals surface area contributed by atoms with Crippen molar-refractivity contribution in [2.24, 2.45) is 10.9 Å². The minimum atomic E-state index is -0.0125. The van der Waals surface area contributed by atoms with Gasteiger partial charge in [0.05, 0.1) is 6.21 Å². The van der Waals surface area contributed by atoms with E-state index in [0.29, 0.717) is 6.61 Å². The van der Waals surface area contributed by atoms with Crippen molar-refractivity contribution in [2.45, 2.75) is 19.9 Å². The monoisotopic (exact) mass is 116 g/mol. The Balaban J connectivity index is 3.07. The maximum absolute atomic E-state index is 5.30. The van der Waals surface area contributed by atoms with Crippen molar-refractivity contribution >= 4 is 6.21 Å². The summed E-state index contributed by atoms with van der Waals surface area (Å²) in [6.07, 6.45) is 1.56. The van der Waals surface area contributed by atoms with Gasteiger partial charge in [-0.3, -0.25) is 0 Å². The van der Waals surface area contributed by atoms with Crippen LogP contribution in [-0.4, -0.2) is 18.9 Å². The molecule has 0 heterocycles. The van der Waals surface area contributed by atoms with Crippen LogP contribution in [0.15, 0.2) is 5.16 Å². The Bertz CT molecular complexity index is 70.8. The summed E-state index contributed by atoms with van der Waals surface area (Å²) < 4.78 is 0. The summed E-state index contributed by atoms with van der Waals surface area (Å²) in [4.78, 5) is 4.63. The molecule has 3 heteroatoms. The maximum Gasteiger partial charge on any atom is 0.114 e. The molecule has 0 saturated heterocycles. The molecule has 0 fully saturated rings. The van der Waals surface area contributed by atoms with Crippen LogP contribution in [0.1, 0.15) is 13.8 Å². The summed E-state index contributed by atoms with van der Waals surface area (Å²) in [6, 6.07) is -0.0125. The molecule has 0 bridgehead atoms. The lowest BCUT2D eigenvalue weighted by Crippen LogP contribution is -2.15. The highest BCUT2D eigenvalue weighted by molar-refractivity contribution is 5.62. The molecule has 0 aromatic heterocycles. The van der Waals surface area contributed by atoms with Gasteiger partial charge in [0, 0.05) is 6.04 Å². The van der Waals surface area contributed by atoms with Crippen molar-refractivity contribution < 1.29 is 4.84 Å². The zero-order valence-electron chi connectivity index (χ0n) is 5.29. The van der Waals surface area contributed by atoms with Crippen molar-refractivity contribution in [3.05, 3.63) is 0 Å². The highest BCUT2D eigenvalue weighted by Gasteiger charge is 1.81. The third-order valence-corrected chi connectivity index (χ3v) is 0.500. The maximum atomic E-state index is 5.30. The first kappa shape index (κ1) is 7.43. The molecule has 0 aromatic carbocycles. The second-order valence-electron chi connectivity index (χ2n) is 1.53. The smallest absolute Gasteiger partial charge is 0.114 e. The highest BCUT2D eigenvalue weighted by atomic mass is 16.6. The summed E-state index contributed by atoms with van der Waals surface area (Å²) in [6.45, 7) is 4.31. The van der Waals surface area contributed by atoms with E-state index in [1.807, 2.05) is 13.8 Å². The van der Waals surface area contributed by atoms with Crippen LogP contribution >= 0.6 is 0 Å². The van der Waals surface area contributed by atoms with Crippen LogP contribution < -0.4 is 5.73 Å². The molecular formula is C5H12N2O. The van der Waals surface area contributed by atoms with Crippen LogP contribution in [0, 0.1) is 0 Å². The third kappa shape index (κ3) is 5.43. The summed E-state index contributed by atoms with van der Waals surface area (Å²) in [5.74, 6) is 0. The van der Waals surface area contributed by atoms with Gasteiger partial charge in [-0.1, -0.05) is 5.16 Å². The molecule has 8 heavy (non-hydrogen) atoms. The lowest BCUT2D eigenvalue weighted by atomic mass is 10.4. The van der Waals surface area contributed by atoms with Gasteiger partial charge in [-0.15, -0.1) is 0 Å². The summed E-state index contributed by atoms with van der Waals surface area (Å²) >= 11 is 0. The van der Waals surface area contributed by atoms with E-state index in [-0.39, 0.29) is 6.04 Å². The Morgan fingerprint density at radius 2 is 2.50 bits per heavy atom. The van der Waals surface area contributed by atoms with Crippen LogP contribution in [0.2, 0.25) is 0 Å². The van der Waals surface area contributed by atoms with Crippen molar-refractivity contribution in [3.63, 3.8) is 0 Å². The van der Waals surface area contributed by atoms with E-state index in [2.05, 4.69) is 9.99 Å². The summed E-state index contributed by atoms with van der Waals surface area (Å²) in [5, 5.41) is 3.54. The minimum Gasteiger partial charge on any atom is -0.396 e. The number of hydrogen-bond donors (Lipinski definition) is 1. The lowest BCUT2D eigenvalue weighted by Gasteiger charge is -1.92. The van der Waals surface area contributed by atoms with Crippen LogP contribution in [0.3, 0.4) is 0 Å². The predicted molar refractivity (Wildman–Crippen MR) is 33.8 cm³/mol. The third-order valence-electron chi connectivity index (χ3n) is 0.500. The molecular weight excluding hydrogens is 104 g/mol. The average Bonchev–Trinajstić information content (AvgIpc) is 1.66. The van der Waals surface area contributed by atoms with Crippen LogP contribution in [0.5, 0.6) is 0 Å². The first-order valence-corrected chi connectivity index (χ1v) is 2.68. The van der Waals surface area contributed by atoms with E-state index in [0.717, 1.165) is 0 Å². The van der Waals surface area contributed by atoms with E-state index in [9.17, 15) is 0 Å². The van der Waals surface area contributed by atoms with Gasteiger partial charge >= 0.3 is 0 Å². The predicted octanol–water partition coefficient (Wildman–Crippen LogP) is 0.356. The van der Waals surface area contributed by atoms with E-state index in [4.69, 9.17) is 5.73 Å². The Hall–Kier alpha value is -0.570. The molecule has 2 N–H and O–H groups in total. The molecule has 3 nitrogen and oxygen atoms in total. The van der Waals surface area contributed by atoms with Crippen LogP contribution in [0.4, 0.5) is 0 Å². The molecule has 0 amide bonds. The normalized spacial score (nSPS) is 14.4. The molecule has 0 aromatic rings. The highest BCUT2D eigenvalue weighted by Crippen LogP contribution is 1.72. The molecule has 0 saturated carbocycles. The molecule has 48 valence electrons. The van der Waals surface area contributed by atoms with Crippen molar-refractivity contribution in [2.75, 3.05) is 6.61 Å². The molecule has 0 aliphatic carbocycles. The Morgan fingerprint density at radius 3 is 2.88 bits per heavy atom. The van der Waals surface area contributed by atoms with Crippen molar-refractivity contribution in [1.82, 2.24) is 0 Å². The molecule has 1 unspecified atom stereocenters. The summed E-state index contributed by atoms with van der Waals surface area (Å²) in [7, 11) is 0. The van der Waals surface area contributed by atoms with Gasteiger partial charge in [0.2, 0.25) is 0 Å². The van der Waals surface area contributed by atoms with Crippen molar-refractivity contribution in [3.8, 4) is 0 Å². The van der Waals surface area contributed by atoms with Gasteiger partial charge in [0.25, 0.3) is 0 Å². The Morgan fingerprint density at radius 1 is 1.88 bits per heavy atom. The molecule has 0 rings (SSSR count). The lowest BCUT2D eigenvalue weighted by molar-refractivity contribution is 0.159. The molecule has 0 aliphatic heterocycles. The van der Waals surface area contributed by atoms with Gasteiger partial charge in [0.15, 0.2) is 0 Å². The fourth-order valence-electron chi connectivity index (χ4n) is 0.214. The number of nitrogens with two attached hydrogens (primary N) is 1. The second-order valence-corrected chi connectivity index (χ2v) is 1.53. The number of nitrogens with zero attached hydrogens (tertiary/aromatic N) is 1. The van der Waals surface area contributed by atoms with Gasteiger partial charge in [-0.05, 0) is 13.8 Å². The minimum absolute atomic E-state index is 0.0125. The van der Waals surface area contributed by atoms with Crippen LogP contribution in [0.25, 0.3) is 0 Å². The fraction of sp³-hybridized carbons (Fsp3) is 0.800. The molecule has 1 atom stereocenters. The zero-order chi connectivity index (χ0) is 6.41. The standard InChI is InChI=1S/C5H12N2O/c1-3-8-7-4-5(2)6/h4-5H,3,6H2,1-2H3. The van der Waals surface area contributed by atoms with E-state index >= 15 is 0 Å². The SMILES string of the molecule is CCON=CC(C)N. The second kappa shape index (κ2) is 4.59. The molecule has 0 aliphatic rings. The van der Waals surface area contributed by atoms with Gasteiger partial charge in [0.1, 0.15) is 6.61 Å². The van der Waals surface area contributed by atoms with Gasteiger partial charge in [-0.2, -0.15) is 0 Å². The quantitative estimate of drug-likeness (QED) is 0.427. The van der Waals surface area contributed by atoms with Gasteiger partial charge in [-0.25, -0.2) is 0 Å². The number of rotatable bonds is 3. The first-order valence-electron chi connectivity index (χ1n) is 2.68. The number of hydrogen-bond acceptors (Lipinski definition) is 3. The average molecular weight is 116 g/mol. The summed E-state index contributed by atoms with van der Waals surface area (Å²) in [5.41, 5.74) is 5.30. The van der Waals surface area contributed by atoms with E-state index in [1.165, 1.54) is 0 Å². The van der Waals surface area contributed by atoms with Gasteiger partial charge < -0.3 is 10.6 Å².